The van der Waals surface area contributed by atoms with E-state index in [0.717, 1.165) is 112 Å². The quantitative estimate of drug-likeness (QED) is 0.00768. The van der Waals surface area contributed by atoms with Crippen molar-refractivity contribution >= 4 is 132 Å². The number of anilines is 1. The summed E-state index contributed by atoms with van der Waals surface area (Å²) in [5, 5.41) is 30.3. The molecule has 4 aliphatic carbocycles. The summed E-state index contributed by atoms with van der Waals surface area (Å²) >= 11 is 9.26. The molecule has 120 heavy (non-hydrogen) atoms. The number of carbonyl (C=O) groups is 9. The number of hydrogen-bond donors (Lipinski definition) is 8. The average molecular weight is 1760 g/mol. The number of allylic oxidation sites excluding steroid dienone is 2. The molecule has 8 aliphatic rings. The van der Waals surface area contributed by atoms with Crippen molar-refractivity contribution in [1.82, 2.24) is 51.3 Å². The van der Waals surface area contributed by atoms with Crippen LogP contribution in [0.3, 0.4) is 0 Å². The van der Waals surface area contributed by atoms with Gasteiger partial charge in [-0.05, 0) is 195 Å². The number of alkyl halides is 1. The molecule has 6 fully saturated rings. The van der Waals surface area contributed by atoms with Gasteiger partial charge in [0.2, 0.25) is 29.2 Å². The fraction of sp³-hybridized carbons (Fsp3) is 0.586. The smallest absolute Gasteiger partial charge is 0.496 e. The molecule has 0 bridgehead atoms. The lowest BCUT2D eigenvalue weighted by atomic mass is 10.0. The summed E-state index contributed by atoms with van der Waals surface area (Å²) in [6.07, 6.45) is 19.9. The van der Waals surface area contributed by atoms with Crippen LogP contribution in [0.25, 0.3) is 33.2 Å². The number of amides is 6. The summed E-state index contributed by atoms with van der Waals surface area (Å²) in [6, 6.07) is 7.41. The number of Topliss-reactive ketones (excluding diaryl/α,β-unsaturated/α-hetero) is 1. The molecular formula is C87H118BrN12O18S2+. The van der Waals surface area contributed by atoms with Crippen molar-refractivity contribution in [3.63, 3.8) is 0 Å². The minimum atomic E-state index is -1.30. The van der Waals surface area contributed by atoms with Crippen molar-refractivity contribution in [2.24, 2.45) is 17.6 Å². The number of fused-ring (bicyclic) bond motifs is 6. The highest BCUT2D eigenvalue weighted by Crippen LogP contribution is 2.48. The van der Waals surface area contributed by atoms with Crippen molar-refractivity contribution in [2.45, 2.75) is 274 Å². The second-order valence-corrected chi connectivity index (χ2v) is 34.7. The van der Waals surface area contributed by atoms with Crippen LogP contribution in [0.1, 0.15) is 204 Å². The molecule has 2 saturated heterocycles. The zero-order chi connectivity index (χ0) is 86.7. The number of nitrogens with two attached hydrogens (primary N) is 1. The third-order valence-corrected chi connectivity index (χ3v) is 24.0. The van der Waals surface area contributed by atoms with E-state index in [4.69, 9.17) is 58.4 Å². The van der Waals surface area contributed by atoms with Gasteiger partial charge in [-0.25, -0.2) is 29.3 Å². The molecule has 0 spiro atoms. The van der Waals surface area contributed by atoms with E-state index in [2.05, 4.69) is 71.8 Å². The lowest BCUT2D eigenvalue weighted by molar-refractivity contribution is -0.372. The third-order valence-electron chi connectivity index (χ3n) is 22.6. The van der Waals surface area contributed by atoms with E-state index in [1.807, 2.05) is 89.4 Å². The number of esters is 1. The van der Waals surface area contributed by atoms with Crippen LogP contribution in [0.4, 0.5) is 14.7 Å². The number of nitrogens with one attached hydrogen (secondary N) is 6. The van der Waals surface area contributed by atoms with E-state index in [-0.39, 0.29) is 78.9 Å². The summed E-state index contributed by atoms with van der Waals surface area (Å²) in [5.74, 6) is -1.66. The molecular weight excluding hydrogens is 1650 g/mol. The van der Waals surface area contributed by atoms with Crippen LogP contribution < -0.4 is 56.6 Å². The Hall–Kier alpha value is -9.60. The number of aryl methyl sites for hydroxylation is 2. The van der Waals surface area contributed by atoms with Gasteiger partial charge >= 0.3 is 24.1 Å². The average Bonchev–Trinajstić information content (AvgIpc) is 1.57. The number of pyridine rings is 2. The molecule has 2 unspecified atom stereocenters. The van der Waals surface area contributed by atoms with Gasteiger partial charge in [0, 0.05) is 82.3 Å². The number of aliphatic hydroxyl groups excluding tert-OH is 1. The van der Waals surface area contributed by atoms with Crippen LogP contribution in [0.15, 0.2) is 66.1 Å². The molecule has 6 amide bonds. The maximum atomic E-state index is 14.7. The largest absolute Gasteiger partial charge is 0.605 e. The Balaban J connectivity index is 0.000000225. The van der Waals surface area contributed by atoms with Gasteiger partial charge in [0.25, 0.3) is 0 Å². The zero-order valence-electron chi connectivity index (χ0n) is 70.6. The van der Waals surface area contributed by atoms with Gasteiger partial charge in [-0.1, -0.05) is 65.9 Å². The molecule has 652 valence electrons. The van der Waals surface area contributed by atoms with E-state index in [9.17, 15) is 43.2 Å². The summed E-state index contributed by atoms with van der Waals surface area (Å²) in [5.41, 5.74) is 6.79. The first-order chi connectivity index (χ1) is 57.4. The number of methoxy groups -OCH3 is 3. The predicted octanol–water partition coefficient (Wildman–Crippen LogP) is 11.9. The lowest BCUT2D eigenvalue weighted by Crippen LogP contribution is -2.56. The number of aliphatic hydroxyl groups is 1. The Labute approximate surface area is 719 Å². The molecule has 33 heteroatoms. The van der Waals surface area contributed by atoms with Gasteiger partial charge in [0.1, 0.15) is 88.5 Å². The monoisotopic (exact) mass is 1760 g/mol. The number of benzene rings is 2. The SMILES string of the molecule is C=[O+]C(=O)[C@@]12CC1/C=C\CCCCC[C@H](NC(=O)OC1CCCC1)C(=O)N1C[C@H](Oc3cc(C(=O)CBr)nc4c(C)c(OC)ccc34)C[C@H]1C(=O)N2.CC(C)NC(N)=S.CC(C)O.COC(=O)[C@@]12CC1/C=C\CCCCC[C@H](NC(=O)OC1CCCC1)C(=O)N1C[C@H](Oc3cc(-c4csc(NC(C)C)n4)nc4c(C)c(OC)ccc34)C[C@H]1C(=O)N2. The standard InChI is InChI=1S/C42H54N6O8S.C38H45BrN4O9.C4H10N2S.C3H8O/c1-24(2)43-40-45-32(23-57-40)31-20-35(29-17-18-34(53-4)25(3)36(29)44-31)55-28-19-33-37(49)47-42(39(51)54-5)21-26(42)13-9-7-6-8-10-16-30(38(50)48(33)22-28)46-41(52)56-27-14-11-12-15-27;1-22-31(49-2)16-15-26-32(18-28(30(44)20-39)40-33(22)26)51-25-17-29-34(45)42-38(36(47)50-3)19-23(38)11-7-5-4-6-8-14-27(35(46)43(29)21-25)41-37(48)52-24-12-9-10-13-24;1-3(2)6-4(5)7;1-3(2)4/h9,13,17-18,20,23-24,26-28,30,33H,6-8,10-12,14-16,19,21-22H2,1-5H3,(H,43,45)(H,46,52)(H,47,49);7,11,15-16,18,23-25,27,29H,3-6,8-10,12-14,17,19-21H2,1-2H3,(H-,41,42,45,48);3H,1-2H3,(H3,5,6,7);3-4H,1-2H3/p+1/b13-9-;11-7-;;/t26?,28-,30+,33+,42-;23?,25-,27+,29+,38-;;/m11../s1. The number of ketones is 1. The minimum absolute atomic E-state index is 0.00353. The summed E-state index contributed by atoms with van der Waals surface area (Å²) in [7, 11) is 4.48. The molecule has 3 aromatic heterocycles. The number of nitrogens with zero attached hydrogens (tertiary/aromatic N) is 5. The van der Waals surface area contributed by atoms with Crippen LogP contribution in [0, 0.1) is 25.7 Å². The molecule has 0 radical (unpaired) electrons. The van der Waals surface area contributed by atoms with E-state index < -0.39 is 95.2 Å². The Morgan fingerprint density at radius 2 is 1.11 bits per heavy atom. The van der Waals surface area contributed by atoms with Gasteiger partial charge in [-0.2, -0.15) is 0 Å². The van der Waals surface area contributed by atoms with E-state index in [0.29, 0.717) is 100 Å². The Morgan fingerprint density at radius 1 is 0.642 bits per heavy atom. The van der Waals surface area contributed by atoms with Gasteiger partial charge in [-0.15, -0.1) is 11.3 Å². The van der Waals surface area contributed by atoms with Crippen LogP contribution in [-0.2, 0) is 47.4 Å². The topological polar surface area (TPSA) is 393 Å². The number of thiocarbonyl (C=S) groups is 1. The summed E-state index contributed by atoms with van der Waals surface area (Å²) < 4.78 is 46.0. The molecule has 10 atom stereocenters. The maximum Gasteiger partial charge on any atom is 0.605 e. The van der Waals surface area contributed by atoms with Crippen molar-refractivity contribution in [2.75, 3.05) is 45.1 Å². The summed E-state index contributed by atoms with van der Waals surface area (Å²) in [6.45, 7) is 18.7. The second-order valence-electron chi connectivity index (χ2n) is 32.8. The maximum absolute atomic E-state index is 14.7. The molecule has 7 heterocycles. The van der Waals surface area contributed by atoms with Crippen LogP contribution in [0.2, 0.25) is 0 Å². The number of rotatable bonds is 18. The number of aromatic nitrogens is 3. The first-order valence-corrected chi connectivity index (χ1v) is 44.3. The fourth-order valence-electron chi connectivity index (χ4n) is 16.3. The zero-order valence-corrected chi connectivity index (χ0v) is 73.9. The van der Waals surface area contributed by atoms with Crippen molar-refractivity contribution in [3.05, 3.63) is 82.9 Å². The van der Waals surface area contributed by atoms with Crippen LogP contribution in [-0.4, -0.2) is 213 Å². The molecule has 4 aliphatic heterocycles. The van der Waals surface area contributed by atoms with E-state index in [1.165, 1.54) is 28.2 Å². The highest BCUT2D eigenvalue weighted by atomic mass is 79.9. The molecule has 2 aromatic carbocycles. The number of carbonyl (C=O) groups excluding carboxylic acids is 10. The predicted molar refractivity (Wildman–Crippen MR) is 463 cm³/mol. The third kappa shape index (κ3) is 23.8. The van der Waals surface area contributed by atoms with Crippen molar-refractivity contribution < 1.29 is 85.8 Å². The number of alkyl carbamates (subject to hydrolysis) is 2. The van der Waals surface area contributed by atoms with Crippen LogP contribution >= 0.6 is 39.5 Å². The van der Waals surface area contributed by atoms with Crippen molar-refractivity contribution in [1.29, 1.82) is 0 Å². The number of halogens is 1. The summed E-state index contributed by atoms with van der Waals surface area (Å²) in [4.78, 5) is 140. The minimum Gasteiger partial charge on any atom is -0.496 e. The Kier molecular flexibility index (Phi) is 33.0. The lowest BCUT2D eigenvalue weighted by Gasteiger charge is -2.29. The van der Waals surface area contributed by atoms with Gasteiger partial charge in [0.15, 0.2) is 22.8 Å². The van der Waals surface area contributed by atoms with Gasteiger partial charge in [-0.3, -0.25) is 28.4 Å². The molecule has 9 N–H and O–H groups in total. The Morgan fingerprint density at radius 3 is 1.56 bits per heavy atom. The van der Waals surface area contributed by atoms with Gasteiger partial charge < -0.3 is 85.7 Å². The van der Waals surface area contributed by atoms with E-state index in [1.54, 1.807) is 46.3 Å². The van der Waals surface area contributed by atoms with Crippen molar-refractivity contribution in [3.8, 4) is 34.4 Å². The second kappa shape index (κ2) is 42.8. The number of ether oxygens (including phenoxy) is 7. The highest BCUT2D eigenvalue weighted by Gasteiger charge is 2.68. The Bertz CT molecular complexity index is 4590. The number of thiazole rings is 1. The normalized spacial score (nSPS) is 25.1. The first kappa shape index (κ1) is 92.7. The molecule has 4 saturated carbocycles. The molecule has 5 aromatic rings. The van der Waals surface area contributed by atoms with Crippen LogP contribution in [0.5, 0.6) is 23.0 Å². The molecule has 30 nitrogen and oxygen atoms in total. The highest BCUT2D eigenvalue weighted by molar-refractivity contribution is 9.09. The number of hydrogen-bond acceptors (Lipinski definition) is 23. The fourth-order valence-corrected chi connectivity index (χ4v) is 17.7. The molecule has 13 rings (SSSR count). The van der Waals surface area contributed by atoms with E-state index >= 15 is 0 Å². The van der Waals surface area contributed by atoms with Gasteiger partial charge in [0.05, 0.1) is 61.3 Å². The first-order valence-electron chi connectivity index (χ1n) is 41.9.